The molecule has 0 amide bonds. The van der Waals surface area contributed by atoms with Gasteiger partial charge in [-0.05, 0) is 37.0 Å². The van der Waals surface area contributed by atoms with Gasteiger partial charge in [-0.25, -0.2) is 0 Å². The zero-order valence-electron chi connectivity index (χ0n) is 9.99. The first-order chi connectivity index (χ1) is 7.36. The van der Waals surface area contributed by atoms with Gasteiger partial charge in [-0.3, -0.25) is 0 Å². The van der Waals surface area contributed by atoms with Crippen molar-refractivity contribution in [3.63, 3.8) is 0 Å². The quantitative estimate of drug-likeness (QED) is 0.757. The molecule has 1 rings (SSSR count). The molecule has 1 N–H and O–H groups in total. The van der Waals surface area contributed by atoms with Gasteiger partial charge in [0.15, 0.2) is 0 Å². The molecule has 0 heterocycles. The monoisotopic (exact) mass is 210 g/mol. The molecule has 0 aliphatic heterocycles. The van der Waals surface area contributed by atoms with Gasteiger partial charge in [-0.15, -0.1) is 0 Å². The summed E-state index contributed by atoms with van der Waals surface area (Å²) in [6, 6.07) is 8.06. The Labute approximate surface area is 92.9 Å². The highest BCUT2D eigenvalue weighted by Crippen LogP contribution is 2.14. The molecule has 1 aromatic rings. The highest BCUT2D eigenvalue weighted by Gasteiger charge is 1.95. The van der Waals surface area contributed by atoms with Crippen LogP contribution in [-0.4, -0.2) is 18.8 Å². The molecule has 0 unspecified atom stereocenters. The predicted molar refractivity (Wildman–Crippen MR) is 64.4 cm³/mol. The maximum Gasteiger partial charge on any atom is 0.119 e. The number of rotatable bonds is 5. The second-order valence-corrected chi connectivity index (χ2v) is 3.03. The molecular weight excluding hydrogens is 188 g/mol. The lowest BCUT2D eigenvalue weighted by molar-refractivity contribution is 0.284. The van der Waals surface area contributed by atoms with E-state index in [1.807, 2.05) is 32.0 Å². The Balaban J connectivity index is 0.000000921. The lowest BCUT2D eigenvalue weighted by Crippen LogP contribution is -1.90. The lowest BCUT2D eigenvalue weighted by atomic mass is 10.1. The number of hydrogen-bond donors (Lipinski definition) is 1. The summed E-state index contributed by atoms with van der Waals surface area (Å²) >= 11 is 0. The number of methoxy groups -OCH3 is 1. The zero-order chi connectivity index (χ0) is 11.5. The number of aliphatic hydroxyl groups is 1. The van der Waals surface area contributed by atoms with Gasteiger partial charge in [0.05, 0.1) is 7.11 Å². The molecule has 0 saturated heterocycles. The molecule has 0 atom stereocenters. The van der Waals surface area contributed by atoms with E-state index in [1.54, 1.807) is 7.11 Å². The van der Waals surface area contributed by atoms with E-state index in [1.165, 1.54) is 5.56 Å². The summed E-state index contributed by atoms with van der Waals surface area (Å²) in [6.45, 7) is 4.28. The van der Waals surface area contributed by atoms with Gasteiger partial charge >= 0.3 is 0 Å². The van der Waals surface area contributed by atoms with Crippen LogP contribution in [0.3, 0.4) is 0 Å². The molecule has 0 aromatic heterocycles. The summed E-state index contributed by atoms with van der Waals surface area (Å²) in [5.41, 5.74) is 1.27. The minimum absolute atomic E-state index is 0.282. The van der Waals surface area contributed by atoms with Crippen molar-refractivity contribution in [2.45, 2.75) is 33.1 Å². The lowest BCUT2D eigenvalue weighted by Gasteiger charge is -2.03. The van der Waals surface area contributed by atoms with Gasteiger partial charge in [-0.2, -0.15) is 0 Å². The molecular formula is C13H22O2. The average molecular weight is 210 g/mol. The molecule has 2 nitrogen and oxygen atoms in total. The van der Waals surface area contributed by atoms with Crippen molar-refractivity contribution in [2.75, 3.05) is 13.7 Å². The minimum Gasteiger partial charge on any atom is -0.497 e. The Morgan fingerprint density at radius 2 is 1.93 bits per heavy atom. The van der Waals surface area contributed by atoms with Gasteiger partial charge in [-0.1, -0.05) is 26.0 Å². The standard InChI is InChI=1S/C11H16O2.C2H6/c1-13-11-7-4-6-10(9-11)5-2-3-8-12;1-2/h4,6-7,9,12H,2-3,5,8H2,1H3;1-2H3. The highest BCUT2D eigenvalue weighted by atomic mass is 16.5. The van der Waals surface area contributed by atoms with Gasteiger partial charge in [0, 0.05) is 6.61 Å². The third-order valence-electron chi connectivity index (χ3n) is 2.01. The van der Waals surface area contributed by atoms with Crippen LogP contribution in [0.15, 0.2) is 24.3 Å². The Kier molecular flexibility index (Phi) is 8.88. The van der Waals surface area contributed by atoms with Gasteiger partial charge in [0.25, 0.3) is 0 Å². The van der Waals surface area contributed by atoms with Crippen molar-refractivity contribution in [1.29, 1.82) is 0 Å². The summed E-state index contributed by atoms with van der Waals surface area (Å²) in [5, 5.41) is 8.62. The normalized spacial score (nSPS) is 9.07. The van der Waals surface area contributed by atoms with Crippen molar-refractivity contribution < 1.29 is 9.84 Å². The zero-order valence-corrected chi connectivity index (χ0v) is 9.99. The van der Waals surface area contributed by atoms with Crippen LogP contribution in [0, 0.1) is 0 Å². The number of aryl methyl sites for hydroxylation is 1. The highest BCUT2D eigenvalue weighted by molar-refractivity contribution is 5.28. The van der Waals surface area contributed by atoms with Crippen molar-refractivity contribution in [1.82, 2.24) is 0 Å². The third-order valence-corrected chi connectivity index (χ3v) is 2.01. The number of benzene rings is 1. The molecule has 1 aromatic carbocycles. The van der Waals surface area contributed by atoms with Crippen molar-refractivity contribution in [2.24, 2.45) is 0 Å². The third kappa shape index (κ3) is 6.13. The molecule has 0 saturated carbocycles. The smallest absolute Gasteiger partial charge is 0.119 e. The van der Waals surface area contributed by atoms with E-state index in [9.17, 15) is 0 Å². The van der Waals surface area contributed by atoms with Crippen LogP contribution >= 0.6 is 0 Å². The molecule has 15 heavy (non-hydrogen) atoms. The molecule has 86 valence electrons. The van der Waals surface area contributed by atoms with E-state index in [0.29, 0.717) is 0 Å². The maximum absolute atomic E-state index is 8.62. The van der Waals surface area contributed by atoms with Crippen LogP contribution in [0.1, 0.15) is 32.3 Å². The summed E-state index contributed by atoms with van der Waals surface area (Å²) < 4.78 is 5.11. The van der Waals surface area contributed by atoms with Crippen molar-refractivity contribution >= 4 is 0 Å². The summed E-state index contributed by atoms with van der Waals surface area (Å²) in [6.07, 6.45) is 2.92. The first-order valence-electron chi connectivity index (χ1n) is 5.60. The van der Waals surface area contributed by atoms with Crippen molar-refractivity contribution in [3.05, 3.63) is 29.8 Å². The fourth-order valence-electron chi connectivity index (χ4n) is 1.27. The minimum atomic E-state index is 0.282. The average Bonchev–Trinajstić information content (AvgIpc) is 2.32. The van der Waals surface area contributed by atoms with Crippen LogP contribution in [0.5, 0.6) is 5.75 Å². The van der Waals surface area contributed by atoms with E-state index in [2.05, 4.69) is 6.07 Å². The number of hydrogen-bond acceptors (Lipinski definition) is 2. The van der Waals surface area contributed by atoms with Crippen LogP contribution in [0.2, 0.25) is 0 Å². The molecule has 0 fully saturated rings. The number of ether oxygens (including phenoxy) is 1. The van der Waals surface area contributed by atoms with Crippen LogP contribution in [0.25, 0.3) is 0 Å². The van der Waals surface area contributed by atoms with Gasteiger partial charge in [0.2, 0.25) is 0 Å². The second kappa shape index (κ2) is 9.53. The molecule has 0 radical (unpaired) electrons. The number of aliphatic hydroxyl groups excluding tert-OH is 1. The van der Waals surface area contributed by atoms with E-state index >= 15 is 0 Å². The first kappa shape index (κ1) is 14.0. The fourth-order valence-corrected chi connectivity index (χ4v) is 1.27. The Morgan fingerprint density at radius 3 is 2.53 bits per heavy atom. The first-order valence-corrected chi connectivity index (χ1v) is 5.60. The fraction of sp³-hybridized carbons (Fsp3) is 0.538. The predicted octanol–water partition coefficient (Wildman–Crippen LogP) is 3.04. The molecule has 2 heteroatoms. The second-order valence-electron chi connectivity index (χ2n) is 3.03. The topological polar surface area (TPSA) is 29.5 Å². The summed E-state index contributed by atoms with van der Waals surface area (Å²) in [4.78, 5) is 0. The summed E-state index contributed by atoms with van der Waals surface area (Å²) in [5.74, 6) is 0.904. The van der Waals surface area contributed by atoms with Crippen LogP contribution < -0.4 is 4.74 Å². The Hall–Kier alpha value is -1.02. The van der Waals surface area contributed by atoms with Crippen LogP contribution in [-0.2, 0) is 6.42 Å². The Bertz CT molecular complexity index is 246. The van der Waals surface area contributed by atoms with Gasteiger partial charge < -0.3 is 9.84 Å². The molecule has 0 bridgehead atoms. The van der Waals surface area contributed by atoms with Crippen LogP contribution in [0.4, 0.5) is 0 Å². The van der Waals surface area contributed by atoms with E-state index in [4.69, 9.17) is 9.84 Å². The van der Waals surface area contributed by atoms with Crippen molar-refractivity contribution in [3.8, 4) is 5.75 Å². The Morgan fingerprint density at radius 1 is 1.20 bits per heavy atom. The molecule has 0 spiro atoms. The molecule has 0 aliphatic carbocycles. The SMILES string of the molecule is CC.COc1cccc(CCCCO)c1. The molecule has 0 aliphatic rings. The van der Waals surface area contributed by atoms with E-state index in [-0.39, 0.29) is 6.61 Å². The van der Waals surface area contributed by atoms with E-state index < -0.39 is 0 Å². The van der Waals surface area contributed by atoms with E-state index in [0.717, 1.165) is 25.0 Å². The van der Waals surface area contributed by atoms with Gasteiger partial charge in [0.1, 0.15) is 5.75 Å². The summed E-state index contributed by atoms with van der Waals surface area (Å²) in [7, 11) is 1.67. The maximum atomic E-state index is 8.62. The largest absolute Gasteiger partial charge is 0.497 e. The number of unbranched alkanes of at least 4 members (excludes halogenated alkanes) is 1.